The van der Waals surface area contributed by atoms with E-state index in [-0.39, 0.29) is 6.04 Å². The Morgan fingerprint density at radius 3 is 2.55 bits per heavy atom. The highest BCUT2D eigenvalue weighted by Crippen LogP contribution is 2.26. The minimum atomic E-state index is -3.34. The zero-order valence-electron chi connectivity index (χ0n) is 12.8. The lowest BCUT2D eigenvalue weighted by molar-refractivity contribution is 0.343. The van der Waals surface area contributed by atoms with Crippen molar-refractivity contribution < 1.29 is 8.42 Å². The van der Waals surface area contributed by atoms with Crippen LogP contribution in [0.1, 0.15) is 39.0 Å². The summed E-state index contributed by atoms with van der Waals surface area (Å²) >= 11 is 1.39. The van der Waals surface area contributed by atoms with Gasteiger partial charge in [-0.1, -0.05) is 20.8 Å². The normalized spacial score (nSPS) is 13.8. The fourth-order valence-corrected chi connectivity index (χ4v) is 5.26. The summed E-state index contributed by atoms with van der Waals surface area (Å²) in [4.78, 5) is 1.12. The van der Waals surface area contributed by atoms with Crippen LogP contribution in [-0.2, 0) is 16.4 Å². The smallest absolute Gasteiger partial charge is 0.252 e. The molecule has 1 unspecified atom stereocenters. The van der Waals surface area contributed by atoms with Crippen molar-refractivity contribution in [3.05, 3.63) is 17.0 Å². The summed E-state index contributed by atoms with van der Waals surface area (Å²) in [5.41, 5.74) is 0. The number of rotatable bonds is 9. The highest BCUT2D eigenvalue weighted by molar-refractivity contribution is 7.91. The van der Waals surface area contributed by atoms with Crippen LogP contribution in [-0.4, -0.2) is 38.4 Å². The van der Waals surface area contributed by atoms with Crippen LogP contribution >= 0.6 is 11.3 Å². The van der Waals surface area contributed by atoms with Gasteiger partial charge in [-0.2, -0.15) is 4.31 Å². The molecule has 0 aromatic carbocycles. The van der Waals surface area contributed by atoms with E-state index in [1.54, 1.807) is 10.4 Å². The van der Waals surface area contributed by atoms with Crippen molar-refractivity contribution in [2.75, 3.05) is 19.6 Å². The molecular weight excluding hydrogens is 292 g/mol. The van der Waals surface area contributed by atoms with Gasteiger partial charge in [-0.15, -0.1) is 11.3 Å². The standard InChI is InChI=1S/C14H26N2O2S2/c1-5-12(4)16(7-3)20(17,18)14-9-8-13(19-14)10-11-15-6-2/h8-9,12,15H,5-7,10-11H2,1-4H3. The maximum absolute atomic E-state index is 12.6. The Morgan fingerprint density at radius 2 is 2.00 bits per heavy atom. The Morgan fingerprint density at radius 1 is 1.30 bits per heavy atom. The number of likely N-dealkylation sites (N-methyl/N-ethyl adjacent to an activating group) is 1. The number of sulfonamides is 1. The van der Waals surface area contributed by atoms with E-state index in [0.29, 0.717) is 10.8 Å². The third-order valence-corrected chi connectivity index (χ3v) is 7.09. The summed E-state index contributed by atoms with van der Waals surface area (Å²) in [5, 5.41) is 3.25. The first-order valence-electron chi connectivity index (χ1n) is 7.28. The molecule has 1 aromatic heterocycles. The molecule has 1 atom stereocenters. The predicted molar refractivity (Wildman–Crippen MR) is 85.9 cm³/mol. The SMILES string of the molecule is CCNCCc1ccc(S(=O)(=O)N(CC)C(C)CC)s1. The zero-order valence-corrected chi connectivity index (χ0v) is 14.5. The van der Waals surface area contributed by atoms with Crippen LogP contribution in [0.25, 0.3) is 0 Å². The summed E-state index contributed by atoms with van der Waals surface area (Å²) in [6, 6.07) is 3.71. The Balaban J connectivity index is 2.87. The predicted octanol–water partition coefficient (Wildman–Crippen LogP) is 2.71. The molecule has 0 spiro atoms. The Kier molecular flexibility index (Phi) is 7.15. The van der Waals surface area contributed by atoms with E-state index >= 15 is 0 Å². The first-order chi connectivity index (χ1) is 9.47. The van der Waals surface area contributed by atoms with E-state index in [1.807, 2.05) is 26.8 Å². The van der Waals surface area contributed by atoms with Crippen LogP contribution in [0.4, 0.5) is 0 Å². The van der Waals surface area contributed by atoms with Crippen molar-refractivity contribution in [1.82, 2.24) is 9.62 Å². The minimum absolute atomic E-state index is 0.0392. The van der Waals surface area contributed by atoms with Gasteiger partial charge in [0.05, 0.1) is 0 Å². The molecule has 0 aliphatic carbocycles. The van der Waals surface area contributed by atoms with Crippen LogP contribution in [0.3, 0.4) is 0 Å². The molecule has 0 bridgehead atoms. The van der Waals surface area contributed by atoms with Crippen molar-refractivity contribution in [1.29, 1.82) is 0 Å². The van der Waals surface area contributed by atoms with Crippen molar-refractivity contribution >= 4 is 21.4 Å². The van der Waals surface area contributed by atoms with Gasteiger partial charge in [-0.25, -0.2) is 8.42 Å². The van der Waals surface area contributed by atoms with Gasteiger partial charge in [-0.3, -0.25) is 0 Å². The van der Waals surface area contributed by atoms with E-state index in [9.17, 15) is 8.42 Å². The molecule has 1 heterocycles. The molecular formula is C14H26N2O2S2. The molecule has 0 aliphatic heterocycles. The fraction of sp³-hybridized carbons (Fsp3) is 0.714. The van der Waals surface area contributed by atoms with Crippen LogP contribution in [0, 0.1) is 0 Å². The van der Waals surface area contributed by atoms with E-state index in [4.69, 9.17) is 0 Å². The second kappa shape index (κ2) is 8.12. The third kappa shape index (κ3) is 4.28. The maximum atomic E-state index is 12.6. The Bertz CT molecular complexity index is 497. The van der Waals surface area contributed by atoms with Crippen molar-refractivity contribution in [3.63, 3.8) is 0 Å². The second-order valence-corrected chi connectivity index (χ2v) is 8.08. The molecule has 6 heteroatoms. The first-order valence-corrected chi connectivity index (χ1v) is 9.54. The lowest BCUT2D eigenvalue weighted by Gasteiger charge is -2.25. The largest absolute Gasteiger partial charge is 0.317 e. The van der Waals surface area contributed by atoms with E-state index in [0.717, 1.165) is 30.8 Å². The minimum Gasteiger partial charge on any atom is -0.317 e. The quantitative estimate of drug-likeness (QED) is 0.712. The molecule has 4 nitrogen and oxygen atoms in total. The highest BCUT2D eigenvalue weighted by Gasteiger charge is 2.28. The van der Waals surface area contributed by atoms with E-state index < -0.39 is 10.0 Å². The molecule has 0 fully saturated rings. The number of nitrogens with one attached hydrogen (secondary N) is 1. The number of nitrogens with zero attached hydrogens (tertiary/aromatic N) is 1. The zero-order chi connectivity index (χ0) is 15.2. The molecule has 1 aromatic rings. The molecule has 0 aliphatic rings. The summed E-state index contributed by atoms with van der Waals surface area (Å²) in [7, 11) is -3.34. The number of hydrogen-bond donors (Lipinski definition) is 1. The monoisotopic (exact) mass is 318 g/mol. The summed E-state index contributed by atoms with van der Waals surface area (Å²) in [5.74, 6) is 0. The van der Waals surface area contributed by atoms with Crippen molar-refractivity contribution in [2.24, 2.45) is 0 Å². The summed E-state index contributed by atoms with van der Waals surface area (Å²) in [6.45, 7) is 10.3. The second-order valence-electron chi connectivity index (χ2n) is 4.79. The molecule has 116 valence electrons. The summed E-state index contributed by atoms with van der Waals surface area (Å²) < 4.78 is 27.3. The summed E-state index contributed by atoms with van der Waals surface area (Å²) in [6.07, 6.45) is 1.70. The molecule has 0 saturated carbocycles. The number of hydrogen-bond acceptors (Lipinski definition) is 4. The van der Waals surface area contributed by atoms with E-state index in [2.05, 4.69) is 12.2 Å². The van der Waals surface area contributed by atoms with Crippen molar-refractivity contribution in [3.8, 4) is 0 Å². The molecule has 1 N–H and O–H groups in total. The highest BCUT2D eigenvalue weighted by atomic mass is 32.2. The van der Waals surface area contributed by atoms with Crippen LogP contribution in [0.5, 0.6) is 0 Å². The molecule has 0 amide bonds. The van der Waals surface area contributed by atoms with Gasteiger partial charge in [0.2, 0.25) is 0 Å². The van der Waals surface area contributed by atoms with Gasteiger partial charge >= 0.3 is 0 Å². The molecule has 0 radical (unpaired) electrons. The van der Waals surface area contributed by atoms with Gasteiger partial charge < -0.3 is 5.32 Å². The average molecular weight is 319 g/mol. The van der Waals surface area contributed by atoms with Gasteiger partial charge in [0.25, 0.3) is 10.0 Å². The van der Waals surface area contributed by atoms with Crippen LogP contribution in [0.15, 0.2) is 16.3 Å². The maximum Gasteiger partial charge on any atom is 0.252 e. The fourth-order valence-electron chi connectivity index (χ4n) is 2.06. The third-order valence-electron chi connectivity index (χ3n) is 3.39. The van der Waals surface area contributed by atoms with E-state index in [1.165, 1.54) is 11.3 Å². The van der Waals surface area contributed by atoms with Gasteiger partial charge in [0, 0.05) is 17.5 Å². The van der Waals surface area contributed by atoms with Crippen LogP contribution < -0.4 is 5.32 Å². The Hall–Kier alpha value is -0.430. The Labute approximate surface area is 127 Å². The van der Waals surface area contributed by atoms with Crippen molar-refractivity contribution in [2.45, 2.75) is 50.8 Å². The van der Waals surface area contributed by atoms with Gasteiger partial charge in [0.1, 0.15) is 4.21 Å². The lowest BCUT2D eigenvalue weighted by atomic mass is 10.3. The molecule has 0 saturated heterocycles. The van der Waals surface area contributed by atoms with Gasteiger partial charge in [0.15, 0.2) is 0 Å². The molecule has 20 heavy (non-hydrogen) atoms. The van der Waals surface area contributed by atoms with Gasteiger partial charge in [-0.05, 0) is 45.0 Å². The first kappa shape index (κ1) is 17.6. The topological polar surface area (TPSA) is 49.4 Å². The molecule has 1 rings (SSSR count). The van der Waals surface area contributed by atoms with Crippen LogP contribution in [0.2, 0.25) is 0 Å². The number of thiophene rings is 1. The lowest BCUT2D eigenvalue weighted by Crippen LogP contribution is -2.37. The average Bonchev–Trinajstić information content (AvgIpc) is 2.89.